The fraction of sp³-hybridized carbons (Fsp3) is 0.0500. The van der Waals surface area contributed by atoms with Gasteiger partial charge in [0.25, 0.3) is 5.91 Å². The highest BCUT2D eigenvalue weighted by Crippen LogP contribution is 2.33. The molecule has 1 amide bonds. The Bertz CT molecular complexity index is 1140. The molecule has 0 atom stereocenters. The van der Waals surface area contributed by atoms with Gasteiger partial charge in [0.1, 0.15) is 5.75 Å². The monoisotopic (exact) mass is 378 g/mol. The van der Waals surface area contributed by atoms with E-state index in [1.54, 1.807) is 49.8 Å². The minimum atomic E-state index is -0.245. The molecule has 0 fully saturated rings. The van der Waals surface area contributed by atoms with Crippen LogP contribution < -0.4 is 10.1 Å². The number of hydrogen-bond acceptors (Lipinski definition) is 4. The summed E-state index contributed by atoms with van der Waals surface area (Å²) in [6.45, 7) is 0. The van der Waals surface area contributed by atoms with Crippen molar-refractivity contribution >= 4 is 34.1 Å². The minimum Gasteiger partial charge on any atom is -0.496 e. The molecule has 134 valence electrons. The number of fused-ring (bicyclic) bond motifs is 1. The predicted molar refractivity (Wildman–Crippen MR) is 105 cm³/mol. The largest absolute Gasteiger partial charge is 0.496 e. The van der Waals surface area contributed by atoms with Crippen molar-refractivity contribution in [1.29, 1.82) is 0 Å². The lowest BCUT2D eigenvalue weighted by Crippen LogP contribution is -2.12. The maximum atomic E-state index is 12.6. The number of benzene rings is 2. The lowest BCUT2D eigenvalue weighted by molar-refractivity contribution is 0.102. The second-order valence-electron chi connectivity index (χ2n) is 5.88. The molecule has 27 heavy (non-hydrogen) atoms. The van der Waals surface area contributed by atoms with Gasteiger partial charge in [-0.3, -0.25) is 14.9 Å². The van der Waals surface area contributed by atoms with Crippen LogP contribution in [0.4, 0.5) is 5.69 Å². The summed E-state index contributed by atoms with van der Waals surface area (Å²) >= 11 is 6.23. The molecule has 2 aromatic carbocycles. The molecule has 0 spiro atoms. The summed E-state index contributed by atoms with van der Waals surface area (Å²) in [5.41, 5.74) is 3.32. The summed E-state index contributed by atoms with van der Waals surface area (Å²) in [4.78, 5) is 16.9. The molecule has 0 aliphatic heterocycles. The fourth-order valence-electron chi connectivity index (χ4n) is 2.83. The number of nitrogens with one attached hydrogen (secondary N) is 2. The van der Waals surface area contributed by atoms with Crippen molar-refractivity contribution in [2.24, 2.45) is 0 Å². The second-order valence-corrected chi connectivity index (χ2v) is 6.28. The standard InChI is InChI=1S/C20H15ClN4O2/c1-27-18-9-12(5-7-15(18)19-16(21)3-2-8-22-19)20(26)24-14-6-4-13-11-23-25-17(13)10-14/h2-11H,1H3,(H,23,25)(H,24,26). The fourth-order valence-corrected chi connectivity index (χ4v) is 3.05. The van der Waals surface area contributed by atoms with Gasteiger partial charge in [0.05, 0.1) is 29.5 Å². The molecule has 0 aliphatic carbocycles. The van der Waals surface area contributed by atoms with E-state index in [0.717, 1.165) is 16.5 Å². The Balaban J connectivity index is 1.63. The van der Waals surface area contributed by atoms with Gasteiger partial charge in [0.2, 0.25) is 0 Å². The molecule has 2 aromatic heterocycles. The SMILES string of the molecule is COc1cc(C(=O)Nc2ccc3cn[nH]c3c2)ccc1-c1ncccc1Cl. The van der Waals surface area contributed by atoms with E-state index in [1.165, 1.54) is 0 Å². The molecule has 7 heteroatoms. The molecule has 0 aliphatic rings. The van der Waals surface area contributed by atoms with Gasteiger partial charge in [-0.2, -0.15) is 5.10 Å². The zero-order chi connectivity index (χ0) is 18.8. The van der Waals surface area contributed by atoms with E-state index in [2.05, 4.69) is 20.5 Å². The van der Waals surface area contributed by atoms with Gasteiger partial charge in [0, 0.05) is 28.4 Å². The maximum Gasteiger partial charge on any atom is 0.255 e. The number of rotatable bonds is 4. The normalized spacial score (nSPS) is 10.7. The van der Waals surface area contributed by atoms with Crippen molar-refractivity contribution in [3.05, 3.63) is 71.5 Å². The van der Waals surface area contributed by atoms with Gasteiger partial charge in [-0.15, -0.1) is 0 Å². The average molecular weight is 379 g/mol. The van der Waals surface area contributed by atoms with Crippen LogP contribution >= 0.6 is 11.6 Å². The molecule has 2 heterocycles. The van der Waals surface area contributed by atoms with Crippen molar-refractivity contribution < 1.29 is 9.53 Å². The first kappa shape index (κ1) is 17.1. The first-order valence-electron chi connectivity index (χ1n) is 8.19. The number of carbonyl (C=O) groups excluding carboxylic acids is 1. The quantitative estimate of drug-likeness (QED) is 0.546. The first-order chi connectivity index (χ1) is 13.2. The zero-order valence-electron chi connectivity index (χ0n) is 14.4. The van der Waals surface area contributed by atoms with Crippen LogP contribution in [0.1, 0.15) is 10.4 Å². The topological polar surface area (TPSA) is 79.9 Å². The molecule has 0 saturated carbocycles. The van der Waals surface area contributed by atoms with E-state index < -0.39 is 0 Å². The summed E-state index contributed by atoms with van der Waals surface area (Å²) in [6.07, 6.45) is 3.39. The van der Waals surface area contributed by atoms with Gasteiger partial charge in [-0.05, 0) is 48.5 Å². The number of amides is 1. The molecule has 0 unspecified atom stereocenters. The summed E-state index contributed by atoms with van der Waals surface area (Å²) in [5.74, 6) is 0.276. The summed E-state index contributed by atoms with van der Waals surface area (Å²) in [6, 6.07) is 14.2. The van der Waals surface area contributed by atoms with Crippen molar-refractivity contribution in [3.63, 3.8) is 0 Å². The highest BCUT2D eigenvalue weighted by Gasteiger charge is 2.15. The van der Waals surface area contributed by atoms with E-state index in [-0.39, 0.29) is 5.91 Å². The Hall–Kier alpha value is -3.38. The highest BCUT2D eigenvalue weighted by atomic mass is 35.5. The van der Waals surface area contributed by atoms with E-state index >= 15 is 0 Å². The number of aromatic nitrogens is 3. The van der Waals surface area contributed by atoms with E-state index in [1.807, 2.05) is 18.2 Å². The van der Waals surface area contributed by atoms with Crippen molar-refractivity contribution in [3.8, 4) is 17.0 Å². The number of H-pyrrole nitrogens is 1. The first-order valence-corrected chi connectivity index (χ1v) is 8.57. The minimum absolute atomic E-state index is 0.245. The predicted octanol–water partition coefficient (Wildman–Crippen LogP) is 4.54. The van der Waals surface area contributed by atoms with Crippen molar-refractivity contribution in [2.75, 3.05) is 12.4 Å². The number of anilines is 1. The molecule has 4 aromatic rings. The lowest BCUT2D eigenvalue weighted by atomic mass is 10.1. The summed E-state index contributed by atoms with van der Waals surface area (Å²) < 4.78 is 5.45. The third-order valence-electron chi connectivity index (χ3n) is 4.18. The molecule has 4 rings (SSSR count). The van der Waals surface area contributed by atoms with E-state index in [0.29, 0.717) is 27.7 Å². The molecular weight excluding hydrogens is 364 g/mol. The number of ether oxygens (including phenoxy) is 1. The Kier molecular flexibility index (Phi) is 4.48. The average Bonchev–Trinajstić information content (AvgIpc) is 3.16. The Morgan fingerprint density at radius 2 is 2.07 bits per heavy atom. The number of nitrogens with zero attached hydrogens (tertiary/aromatic N) is 2. The van der Waals surface area contributed by atoms with Crippen LogP contribution in [0, 0.1) is 0 Å². The molecule has 0 bridgehead atoms. The Morgan fingerprint density at radius 3 is 2.89 bits per heavy atom. The van der Waals surface area contributed by atoms with Gasteiger partial charge < -0.3 is 10.1 Å². The second kappa shape index (κ2) is 7.09. The third kappa shape index (κ3) is 3.35. The molecule has 0 radical (unpaired) electrons. The zero-order valence-corrected chi connectivity index (χ0v) is 15.1. The van der Waals surface area contributed by atoms with Crippen LogP contribution in [0.3, 0.4) is 0 Å². The third-order valence-corrected chi connectivity index (χ3v) is 4.48. The van der Waals surface area contributed by atoms with Crippen LogP contribution in [0.25, 0.3) is 22.2 Å². The molecule has 0 saturated heterocycles. The number of hydrogen-bond donors (Lipinski definition) is 2. The van der Waals surface area contributed by atoms with Crippen LogP contribution in [0.15, 0.2) is 60.9 Å². The van der Waals surface area contributed by atoms with Gasteiger partial charge in [-0.25, -0.2) is 0 Å². The molecular formula is C20H15ClN4O2. The van der Waals surface area contributed by atoms with E-state index in [4.69, 9.17) is 16.3 Å². The molecule has 6 nitrogen and oxygen atoms in total. The molecule has 2 N–H and O–H groups in total. The summed E-state index contributed by atoms with van der Waals surface area (Å²) in [7, 11) is 1.55. The van der Waals surface area contributed by atoms with Gasteiger partial charge in [0.15, 0.2) is 0 Å². The number of halogens is 1. The van der Waals surface area contributed by atoms with E-state index in [9.17, 15) is 4.79 Å². The Morgan fingerprint density at radius 1 is 1.19 bits per heavy atom. The number of methoxy groups -OCH3 is 1. The number of carbonyl (C=O) groups is 1. The van der Waals surface area contributed by atoms with Crippen LogP contribution in [0.2, 0.25) is 5.02 Å². The van der Waals surface area contributed by atoms with Crippen LogP contribution in [-0.4, -0.2) is 28.2 Å². The van der Waals surface area contributed by atoms with Crippen LogP contribution in [0.5, 0.6) is 5.75 Å². The number of pyridine rings is 1. The Labute approximate surface area is 160 Å². The van der Waals surface area contributed by atoms with Crippen molar-refractivity contribution in [1.82, 2.24) is 15.2 Å². The van der Waals surface area contributed by atoms with Crippen molar-refractivity contribution in [2.45, 2.75) is 0 Å². The van der Waals surface area contributed by atoms with Gasteiger partial charge in [-0.1, -0.05) is 11.6 Å². The highest BCUT2D eigenvalue weighted by molar-refractivity contribution is 6.33. The number of aromatic amines is 1. The smallest absolute Gasteiger partial charge is 0.255 e. The van der Waals surface area contributed by atoms with Gasteiger partial charge >= 0.3 is 0 Å². The van der Waals surface area contributed by atoms with Crippen LogP contribution in [-0.2, 0) is 0 Å². The maximum absolute atomic E-state index is 12.6. The summed E-state index contributed by atoms with van der Waals surface area (Å²) in [5, 5.41) is 11.2. The lowest BCUT2D eigenvalue weighted by Gasteiger charge is -2.12.